The van der Waals surface area contributed by atoms with E-state index in [1.165, 1.54) is 72.4 Å². The predicted octanol–water partition coefficient (Wildman–Crippen LogP) is 11.1. The molecule has 3 aliphatic carbocycles. The number of nitrogens with one attached hydrogen (secondary N) is 1. The smallest absolute Gasteiger partial charge is 0.141 e. The van der Waals surface area contributed by atoms with Gasteiger partial charge in [0.1, 0.15) is 12.1 Å². The summed E-state index contributed by atoms with van der Waals surface area (Å²) in [7, 11) is 0. The van der Waals surface area contributed by atoms with Crippen molar-refractivity contribution < 1.29 is 0 Å². The van der Waals surface area contributed by atoms with E-state index >= 15 is 0 Å². The first-order chi connectivity index (χ1) is 23.9. The van der Waals surface area contributed by atoms with Crippen molar-refractivity contribution in [3.63, 3.8) is 0 Å². The molecule has 240 valence electrons. The molecule has 0 radical (unpaired) electrons. The van der Waals surface area contributed by atoms with Crippen LogP contribution >= 0.6 is 0 Å². The first kappa shape index (κ1) is 29.6. The molecule has 0 saturated heterocycles. The summed E-state index contributed by atoms with van der Waals surface area (Å²) in [5, 5.41) is 5.01. The molecule has 9 rings (SSSR count). The van der Waals surface area contributed by atoms with Gasteiger partial charge in [-0.25, -0.2) is 9.97 Å². The van der Waals surface area contributed by atoms with E-state index in [-0.39, 0.29) is 5.41 Å². The van der Waals surface area contributed by atoms with Gasteiger partial charge in [-0.05, 0) is 108 Å². The van der Waals surface area contributed by atoms with Crippen LogP contribution < -0.4 is 5.32 Å². The van der Waals surface area contributed by atoms with Crippen LogP contribution in [0.2, 0.25) is 0 Å². The summed E-state index contributed by atoms with van der Waals surface area (Å²) in [6.45, 7) is 9.15. The summed E-state index contributed by atoms with van der Waals surface area (Å²) in [6.07, 6.45) is 11.4. The van der Waals surface area contributed by atoms with Crippen molar-refractivity contribution in [3.05, 3.63) is 166 Å². The van der Waals surface area contributed by atoms with E-state index in [0.717, 1.165) is 36.3 Å². The van der Waals surface area contributed by atoms with Crippen molar-refractivity contribution in [1.29, 1.82) is 0 Å². The summed E-state index contributed by atoms with van der Waals surface area (Å²) < 4.78 is 2.46. The molecule has 2 heterocycles. The Morgan fingerprint density at radius 1 is 0.837 bits per heavy atom. The van der Waals surface area contributed by atoms with E-state index in [4.69, 9.17) is 4.98 Å². The number of fused-ring (bicyclic) bond motifs is 6. The monoisotopic (exact) mass is 636 g/mol. The van der Waals surface area contributed by atoms with Gasteiger partial charge in [-0.15, -0.1) is 0 Å². The third-order valence-corrected chi connectivity index (χ3v) is 11.1. The minimum atomic E-state index is 0.0345. The number of benzene rings is 4. The number of nitrogens with zero attached hydrogens (tertiary/aromatic N) is 3. The molecule has 0 spiro atoms. The second-order valence-corrected chi connectivity index (χ2v) is 14.4. The maximum absolute atomic E-state index is 4.79. The molecular formula is C45H40N4. The third kappa shape index (κ3) is 4.81. The van der Waals surface area contributed by atoms with Crippen molar-refractivity contribution >= 4 is 39.6 Å². The van der Waals surface area contributed by atoms with E-state index in [1.54, 1.807) is 6.33 Å². The van der Waals surface area contributed by atoms with E-state index in [2.05, 4.69) is 152 Å². The van der Waals surface area contributed by atoms with Gasteiger partial charge in [0.25, 0.3) is 0 Å². The molecule has 0 amide bonds. The Kier molecular flexibility index (Phi) is 6.84. The molecule has 4 heteroatoms. The summed E-state index contributed by atoms with van der Waals surface area (Å²) in [6, 6.07) is 35.4. The van der Waals surface area contributed by atoms with Crippen molar-refractivity contribution in [3.8, 4) is 5.69 Å². The first-order valence-electron chi connectivity index (χ1n) is 17.5. The Balaban J connectivity index is 1.06. The Bertz CT molecular complexity index is 2400. The maximum atomic E-state index is 4.79. The summed E-state index contributed by atoms with van der Waals surface area (Å²) >= 11 is 0. The molecule has 1 atom stereocenters. The zero-order valence-electron chi connectivity index (χ0n) is 28.6. The first-order valence-corrected chi connectivity index (χ1v) is 17.5. The highest BCUT2D eigenvalue weighted by atomic mass is 15.0. The SMILES string of the molecule is CC1=C(c2cncnc2Nc2cccc(C3=Cc4c(n(-c5cccc(C)c5)c5ccccc45)CC3)c2)CC2C(=C1)C(C)(C)c1ccccc12. The highest BCUT2D eigenvalue weighted by Gasteiger charge is 2.43. The fraction of sp³-hybridized carbons (Fsp3) is 0.200. The Labute approximate surface area is 288 Å². The van der Waals surface area contributed by atoms with Gasteiger partial charge in [0.05, 0.1) is 5.52 Å². The van der Waals surface area contributed by atoms with E-state index in [1.807, 2.05) is 6.20 Å². The Hall–Kier alpha value is -5.48. The number of rotatable bonds is 5. The van der Waals surface area contributed by atoms with Crippen molar-refractivity contribution in [2.45, 2.75) is 58.3 Å². The maximum Gasteiger partial charge on any atom is 0.141 e. The highest BCUT2D eigenvalue weighted by molar-refractivity contribution is 5.99. The van der Waals surface area contributed by atoms with Crippen LogP contribution in [-0.2, 0) is 11.8 Å². The second kappa shape index (κ2) is 11.3. The van der Waals surface area contributed by atoms with Crippen LogP contribution in [0.15, 0.2) is 127 Å². The number of allylic oxidation sites excluding steroid dienone is 5. The zero-order chi connectivity index (χ0) is 33.3. The predicted molar refractivity (Wildman–Crippen MR) is 203 cm³/mol. The van der Waals surface area contributed by atoms with Crippen LogP contribution in [0.5, 0.6) is 0 Å². The molecular weight excluding hydrogens is 597 g/mol. The topological polar surface area (TPSA) is 42.7 Å². The van der Waals surface area contributed by atoms with Crippen molar-refractivity contribution in [1.82, 2.24) is 14.5 Å². The van der Waals surface area contributed by atoms with Crippen LogP contribution in [-0.4, -0.2) is 14.5 Å². The van der Waals surface area contributed by atoms with Gasteiger partial charge in [0.2, 0.25) is 0 Å². The number of aromatic nitrogens is 3. The third-order valence-electron chi connectivity index (χ3n) is 11.1. The lowest BCUT2D eigenvalue weighted by atomic mass is 9.75. The van der Waals surface area contributed by atoms with Crippen LogP contribution in [0.1, 0.15) is 78.6 Å². The van der Waals surface area contributed by atoms with Gasteiger partial charge >= 0.3 is 0 Å². The van der Waals surface area contributed by atoms with Crippen molar-refractivity contribution in [2.75, 3.05) is 5.32 Å². The molecule has 4 aromatic carbocycles. The average Bonchev–Trinajstić information content (AvgIpc) is 3.56. The molecule has 4 nitrogen and oxygen atoms in total. The van der Waals surface area contributed by atoms with E-state index in [0.29, 0.717) is 5.92 Å². The van der Waals surface area contributed by atoms with Crippen molar-refractivity contribution in [2.24, 2.45) is 0 Å². The summed E-state index contributed by atoms with van der Waals surface area (Å²) in [5.74, 6) is 1.23. The standard InChI is InChI=1S/C45H40N4/c1-28-11-9-14-33(21-28)49-42-18-8-6-16-35(42)38-24-31(19-20-43(38)49)30-12-10-13-32(23-30)48-44-39(26-46-27-47-44)36-25-37-34-15-5-7-17-40(34)45(3,4)41(37)22-29(36)2/h5-18,21-24,26-27,37H,19-20,25H2,1-4H3,(H,46,47,48). The second-order valence-electron chi connectivity index (χ2n) is 14.4. The summed E-state index contributed by atoms with van der Waals surface area (Å²) in [5.41, 5.74) is 18.3. The van der Waals surface area contributed by atoms with E-state index in [9.17, 15) is 0 Å². The summed E-state index contributed by atoms with van der Waals surface area (Å²) in [4.78, 5) is 9.30. The fourth-order valence-electron chi connectivity index (χ4n) is 8.74. The largest absolute Gasteiger partial charge is 0.340 e. The molecule has 3 aliphatic rings. The molecule has 2 aromatic heterocycles. The molecule has 0 bridgehead atoms. The number of anilines is 2. The highest BCUT2D eigenvalue weighted by Crippen LogP contribution is 2.56. The molecule has 0 saturated carbocycles. The van der Waals surface area contributed by atoms with Crippen LogP contribution in [0, 0.1) is 6.92 Å². The zero-order valence-corrected chi connectivity index (χ0v) is 28.6. The number of hydrogen-bond acceptors (Lipinski definition) is 3. The minimum absolute atomic E-state index is 0.0345. The van der Waals surface area contributed by atoms with Gasteiger partial charge in [0.15, 0.2) is 0 Å². The Morgan fingerprint density at radius 2 is 1.67 bits per heavy atom. The molecule has 1 N–H and O–H groups in total. The van der Waals surface area contributed by atoms with Gasteiger partial charge in [-0.1, -0.05) is 92.2 Å². The van der Waals surface area contributed by atoms with Crippen LogP contribution in [0.3, 0.4) is 0 Å². The molecule has 49 heavy (non-hydrogen) atoms. The number of aryl methyl sites for hydroxylation is 1. The Morgan fingerprint density at radius 3 is 2.57 bits per heavy atom. The lowest BCUT2D eigenvalue weighted by Gasteiger charge is -2.29. The van der Waals surface area contributed by atoms with E-state index < -0.39 is 0 Å². The number of hydrogen-bond donors (Lipinski definition) is 1. The van der Waals surface area contributed by atoms with Crippen LogP contribution in [0.25, 0.3) is 33.8 Å². The average molecular weight is 637 g/mol. The molecule has 6 aromatic rings. The normalized spacial score (nSPS) is 17.7. The van der Waals surface area contributed by atoms with Gasteiger partial charge in [0, 0.05) is 51.1 Å². The molecule has 0 fully saturated rings. The van der Waals surface area contributed by atoms with Gasteiger partial charge in [-0.3, -0.25) is 0 Å². The molecule has 1 unspecified atom stereocenters. The van der Waals surface area contributed by atoms with Gasteiger partial charge < -0.3 is 9.88 Å². The van der Waals surface area contributed by atoms with Gasteiger partial charge in [-0.2, -0.15) is 0 Å². The quantitative estimate of drug-likeness (QED) is 0.205. The fourth-order valence-corrected chi connectivity index (χ4v) is 8.74. The molecule has 0 aliphatic heterocycles. The minimum Gasteiger partial charge on any atom is -0.340 e. The lowest BCUT2D eigenvalue weighted by Crippen LogP contribution is -2.18. The van der Waals surface area contributed by atoms with Crippen LogP contribution in [0.4, 0.5) is 11.5 Å². The lowest BCUT2D eigenvalue weighted by molar-refractivity contribution is 0.613. The number of para-hydroxylation sites is 1.